The minimum absolute atomic E-state index is 0.210. The van der Waals surface area contributed by atoms with Crippen molar-refractivity contribution in [2.75, 3.05) is 0 Å². The van der Waals surface area contributed by atoms with Crippen LogP contribution < -0.4 is 0 Å². The lowest BCUT2D eigenvalue weighted by atomic mass is 9.99. The zero-order chi connectivity index (χ0) is 15.0. The van der Waals surface area contributed by atoms with Gasteiger partial charge in [-0.05, 0) is 37.5 Å². The van der Waals surface area contributed by atoms with Gasteiger partial charge < -0.3 is 9.42 Å². The molecule has 1 unspecified atom stereocenters. The maximum absolute atomic E-state index is 10.6. The van der Waals surface area contributed by atoms with Crippen molar-refractivity contribution in [1.82, 2.24) is 0 Å². The van der Waals surface area contributed by atoms with Crippen molar-refractivity contribution in [3.63, 3.8) is 0 Å². The molecule has 0 heterocycles. The van der Waals surface area contributed by atoms with Crippen LogP contribution in [-0.4, -0.2) is 16.2 Å². The summed E-state index contributed by atoms with van der Waals surface area (Å²) in [6.45, 7) is 0. The number of rotatable bonds is 4. The molecule has 0 bridgehead atoms. The van der Waals surface area contributed by atoms with Crippen LogP contribution in [0.25, 0.3) is 0 Å². The molecule has 21 heavy (non-hydrogen) atoms. The molecule has 0 aliphatic heterocycles. The van der Waals surface area contributed by atoms with E-state index in [1.54, 1.807) is 11.4 Å². The molecule has 2 aliphatic rings. The van der Waals surface area contributed by atoms with E-state index in [1.807, 2.05) is 0 Å². The molecule has 0 aromatic heterocycles. The largest absolute Gasteiger partial charge is 0.337 e. The van der Waals surface area contributed by atoms with Gasteiger partial charge in [0.2, 0.25) is 5.69 Å². The van der Waals surface area contributed by atoms with Crippen LogP contribution in [0.1, 0.15) is 89.9 Å². The smallest absolute Gasteiger partial charge is 0.245 e. The molecule has 0 spiro atoms. The van der Waals surface area contributed by atoms with E-state index in [2.05, 4.69) is 0 Å². The van der Waals surface area contributed by atoms with Gasteiger partial charge in [-0.2, -0.15) is 0 Å². The minimum Gasteiger partial charge on any atom is -0.337 e. The maximum atomic E-state index is 10.6. The van der Waals surface area contributed by atoms with Crippen molar-refractivity contribution < 1.29 is 9.42 Å². The molecule has 0 aromatic carbocycles. The lowest BCUT2D eigenvalue weighted by Crippen LogP contribution is -2.14. The van der Waals surface area contributed by atoms with Crippen LogP contribution in [0.4, 0.5) is 0 Å². The van der Waals surface area contributed by atoms with E-state index in [0.717, 1.165) is 12.8 Å². The molecule has 0 radical (unpaired) electrons. The van der Waals surface area contributed by atoms with Crippen LogP contribution in [0, 0.1) is 0 Å². The Morgan fingerprint density at radius 3 is 1.71 bits per heavy atom. The molecule has 2 fully saturated rings. The molecule has 124 valence electrons. The highest BCUT2D eigenvalue weighted by molar-refractivity contribution is 8.67. The molecule has 0 amide bonds. The molecule has 0 saturated heterocycles. The summed E-state index contributed by atoms with van der Waals surface area (Å²) >= 11 is 7.08. The van der Waals surface area contributed by atoms with E-state index in [1.165, 1.54) is 77.0 Å². The fourth-order valence-electron chi connectivity index (χ4n) is 3.45. The van der Waals surface area contributed by atoms with Crippen molar-refractivity contribution in [3.05, 3.63) is 0 Å². The first-order valence-electron chi connectivity index (χ1n) is 8.85. The van der Waals surface area contributed by atoms with Gasteiger partial charge in [0.15, 0.2) is 0 Å². The highest BCUT2D eigenvalue weighted by Gasteiger charge is 2.26. The third kappa shape index (κ3) is 7.83. The average molecular weight is 351 g/mol. The summed E-state index contributed by atoms with van der Waals surface area (Å²) in [5.74, 6) is 0. The zero-order valence-corrected chi connectivity index (χ0v) is 15.7. The summed E-state index contributed by atoms with van der Waals surface area (Å²) in [7, 11) is 0. The van der Waals surface area contributed by atoms with Gasteiger partial charge in [0, 0.05) is 5.25 Å². The van der Waals surface area contributed by atoms with Gasteiger partial charge in [0.1, 0.15) is 0 Å². The molecule has 2 rings (SSSR count). The van der Waals surface area contributed by atoms with E-state index in [-0.39, 0.29) is 6.10 Å². The van der Waals surface area contributed by atoms with Gasteiger partial charge in [-0.3, -0.25) is 0 Å². The molecule has 0 aromatic rings. The van der Waals surface area contributed by atoms with E-state index in [0.29, 0.717) is 5.25 Å². The zero-order valence-electron chi connectivity index (χ0n) is 13.2. The predicted molar refractivity (Wildman–Crippen MR) is 97.4 cm³/mol. The van der Waals surface area contributed by atoms with E-state index < -0.39 is 5.69 Å². The Morgan fingerprint density at radius 1 is 0.762 bits per heavy atom. The van der Waals surface area contributed by atoms with E-state index in [9.17, 15) is 4.89 Å². The lowest BCUT2D eigenvalue weighted by Gasteiger charge is -2.28. The SMILES string of the molecule is OP(=S)(OC1CCCCCCC1)SC1CCCCCCC1. The lowest BCUT2D eigenvalue weighted by molar-refractivity contribution is 0.173. The second-order valence-electron chi connectivity index (χ2n) is 6.61. The van der Waals surface area contributed by atoms with Gasteiger partial charge in [0.05, 0.1) is 6.10 Å². The second-order valence-corrected chi connectivity index (χ2v) is 12.9. The Hall–Kier alpha value is 0.920. The number of hydrogen-bond acceptors (Lipinski definition) is 3. The monoisotopic (exact) mass is 350 g/mol. The third-order valence-corrected chi connectivity index (χ3v) is 9.25. The van der Waals surface area contributed by atoms with Crippen molar-refractivity contribution in [3.8, 4) is 0 Å². The van der Waals surface area contributed by atoms with Crippen LogP contribution in [0.2, 0.25) is 0 Å². The Morgan fingerprint density at radius 2 is 1.19 bits per heavy atom. The highest BCUT2D eigenvalue weighted by atomic mass is 32.9. The summed E-state index contributed by atoms with van der Waals surface area (Å²) < 4.78 is 6.03. The molecule has 5 heteroatoms. The van der Waals surface area contributed by atoms with Crippen LogP contribution in [0.3, 0.4) is 0 Å². The Bertz CT molecular complexity index is 294. The minimum atomic E-state index is -2.65. The van der Waals surface area contributed by atoms with Crippen LogP contribution in [0.5, 0.6) is 0 Å². The first-order chi connectivity index (χ1) is 10.2. The topological polar surface area (TPSA) is 29.5 Å². The highest BCUT2D eigenvalue weighted by Crippen LogP contribution is 2.61. The van der Waals surface area contributed by atoms with Crippen LogP contribution in [0.15, 0.2) is 0 Å². The average Bonchev–Trinajstić information content (AvgIpc) is 2.35. The first-order valence-corrected chi connectivity index (χ1v) is 13.0. The summed E-state index contributed by atoms with van der Waals surface area (Å²) in [6.07, 6.45) is 17.9. The molecule has 2 nitrogen and oxygen atoms in total. The van der Waals surface area contributed by atoms with Crippen LogP contribution in [-0.2, 0) is 16.3 Å². The Balaban J connectivity index is 1.79. The van der Waals surface area contributed by atoms with Gasteiger partial charge in [-0.15, -0.1) is 0 Å². The summed E-state index contributed by atoms with van der Waals surface area (Å²) in [6, 6.07) is 0. The summed E-state index contributed by atoms with van der Waals surface area (Å²) in [5, 5.41) is 0.523. The fourth-order valence-corrected chi connectivity index (χ4v) is 8.75. The summed E-state index contributed by atoms with van der Waals surface area (Å²) in [4.78, 5) is 10.6. The molecular weight excluding hydrogens is 319 g/mol. The Kier molecular flexibility index (Phi) is 8.63. The predicted octanol–water partition coefficient (Wildman–Crippen LogP) is 6.18. The van der Waals surface area contributed by atoms with Crippen molar-refractivity contribution in [1.29, 1.82) is 0 Å². The number of hydrogen-bond donors (Lipinski definition) is 1. The quantitative estimate of drug-likeness (QED) is 0.613. The van der Waals surface area contributed by atoms with Gasteiger partial charge >= 0.3 is 0 Å². The van der Waals surface area contributed by atoms with Gasteiger partial charge in [-0.25, -0.2) is 0 Å². The fraction of sp³-hybridized carbons (Fsp3) is 1.00. The Labute approximate surface area is 139 Å². The van der Waals surface area contributed by atoms with E-state index >= 15 is 0 Å². The molecule has 1 N–H and O–H groups in total. The molecule has 1 atom stereocenters. The first kappa shape index (κ1) is 18.3. The van der Waals surface area contributed by atoms with E-state index in [4.69, 9.17) is 16.3 Å². The van der Waals surface area contributed by atoms with Gasteiger partial charge in [-0.1, -0.05) is 75.6 Å². The molecule has 2 aliphatic carbocycles. The maximum Gasteiger partial charge on any atom is 0.245 e. The molecular formula is C16H31O2PS2. The third-order valence-electron chi connectivity index (χ3n) is 4.67. The second kappa shape index (κ2) is 9.93. The van der Waals surface area contributed by atoms with Crippen molar-refractivity contribution in [2.24, 2.45) is 0 Å². The summed E-state index contributed by atoms with van der Waals surface area (Å²) in [5.41, 5.74) is -2.65. The van der Waals surface area contributed by atoms with Crippen molar-refractivity contribution in [2.45, 2.75) is 101 Å². The van der Waals surface area contributed by atoms with Gasteiger partial charge in [0.25, 0.3) is 0 Å². The normalized spacial score (nSPS) is 27.1. The van der Waals surface area contributed by atoms with Crippen molar-refractivity contribution >= 4 is 28.9 Å². The van der Waals surface area contributed by atoms with Crippen LogP contribution >= 0.6 is 17.1 Å². The molecule has 2 saturated carbocycles. The standard InChI is InChI=1S/C16H31O2PS2/c17-19(20,18-15-11-7-3-1-4-8-12-15)21-16-13-9-5-2-6-10-14-16/h15-16H,1-14H2,(H,17,20).